The molecule has 0 bridgehead atoms. The smallest absolute Gasteiger partial charge is 0.123 e. The number of allylic oxidation sites excluding steroid dienone is 1. The van der Waals surface area contributed by atoms with E-state index in [9.17, 15) is 4.39 Å². The summed E-state index contributed by atoms with van der Waals surface area (Å²) in [4.78, 5) is 0. The third kappa shape index (κ3) is 2.62. The first-order valence-corrected chi connectivity index (χ1v) is 5.71. The van der Waals surface area contributed by atoms with Gasteiger partial charge in [0.2, 0.25) is 0 Å². The Morgan fingerprint density at radius 2 is 2.06 bits per heavy atom. The van der Waals surface area contributed by atoms with Crippen molar-refractivity contribution in [2.45, 2.75) is 19.5 Å². The summed E-state index contributed by atoms with van der Waals surface area (Å²) in [6.07, 6.45) is 2.39. The lowest BCUT2D eigenvalue weighted by Gasteiger charge is -2.06. The molecule has 18 heavy (non-hydrogen) atoms. The Morgan fingerprint density at radius 3 is 2.67 bits per heavy atom. The van der Waals surface area contributed by atoms with Crippen LogP contribution in [0.4, 0.5) is 4.39 Å². The fourth-order valence-electron chi connectivity index (χ4n) is 1.79. The molecule has 1 aromatic carbocycles. The Bertz CT molecular complexity index is 530. The van der Waals surface area contributed by atoms with Crippen LogP contribution in [0, 0.1) is 5.82 Å². The zero-order valence-corrected chi connectivity index (χ0v) is 10.0. The Labute approximate surface area is 105 Å². The minimum absolute atomic E-state index is 0.240. The van der Waals surface area contributed by atoms with Gasteiger partial charge in [0.05, 0.1) is 17.9 Å². The van der Waals surface area contributed by atoms with Gasteiger partial charge in [0.15, 0.2) is 0 Å². The van der Waals surface area contributed by atoms with Gasteiger partial charge in [0.1, 0.15) is 5.82 Å². The van der Waals surface area contributed by atoms with E-state index in [0.29, 0.717) is 19.5 Å². The highest BCUT2D eigenvalue weighted by molar-refractivity contribution is 5.24. The fraction of sp³-hybridized carbons (Fsp3) is 0.231. The summed E-state index contributed by atoms with van der Waals surface area (Å²) >= 11 is 0. The number of hydrogen-bond donors (Lipinski definition) is 1. The zero-order valence-electron chi connectivity index (χ0n) is 10.0. The molecule has 0 aliphatic heterocycles. The third-order valence-corrected chi connectivity index (χ3v) is 2.70. The molecule has 1 heterocycles. The van der Waals surface area contributed by atoms with Crippen LogP contribution in [-0.4, -0.2) is 15.0 Å². The summed E-state index contributed by atoms with van der Waals surface area (Å²) in [7, 11) is 0. The van der Waals surface area contributed by atoms with Crippen molar-refractivity contribution in [3.8, 4) is 0 Å². The second kappa shape index (κ2) is 5.55. The number of nitrogens with zero attached hydrogens (tertiary/aromatic N) is 3. The zero-order chi connectivity index (χ0) is 13.0. The lowest BCUT2D eigenvalue weighted by molar-refractivity contribution is 0.625. The molecule has 0 unspecified atom stereocenters. The van der Waals surface area contributed by atoms with Crippen LogP contribution < -0.4 is 5.73 Å². The van der Waals surface area contributed by atoms with Gasteiger partial charge in [-0.15, -0.1) is 11.7 Å². The van der Waals surface area contributed by atoms with Crippen molar-refractivity contribution in [1.29, 1.82) is 0 Å². The highest BCUT2D eigenvalue weighted by Gasteiger charge is 2.11. The molecule has 2 rings (SSSR count). The highest BCUT2D eigenvalue weighted by atomic mass is 19.1. The topological polar surface area (TPSA) is 56.7 Å². The van der Waals surface area contributed by atoms with Gasteiger partial charge in [-0.2, -0.15) is 0 Å². The summed E-state index contributed by atoms with van der Waals surface area (Å²) < 4.78 is 14.6. The third-order valence-electron chi connectivity index (χ3n) is 2.70. The second-order valence-corrected chi connectivity index (χ2v) is 3.96. The molecule has 0 saturated heterocycles. The lowest BCUT2D eigenvalue weighted by Crippen LogP contribution is -2.07. The van der Waals surface area contributed by atoms with E-state index in [1.807, 2.05) is 0 Å². The molecular formula is C13H15FN4. The molecule has 0 radical (unpaired) electrons. The Hall–Kier alpha value is -2.01. The summed E-state index contributed by atoms with van der Waals surface area (Å²) in [5.74, 6) is -0.240. The molecular weight excluding hydrogens is 231 g/mol. The van der Waals surface area contributed by atoms with Crippen LogP contribution in [0.25, 0.3) is 0 Å². The van der Waals surface area contributed by atoms with Crippen molar-refractivity contribution in [2.75, 3.05) is 0 Å². The molecule has 0 fully saturated rings. The van der Waals surface area contributed by atoms with E-state index in [0.717, 1.165) is 17.0 Å². The van der Waals surface area contributed by atoms with Crippen molar-refractivity contribution < 1.29 is 4.39 Å². The Balaban J connectivity index is 2.28. The number of halogens is 1. The molecule has 0 saturated carbocycles. The second-order valence-electron chi connectivity index (χ2n) is 3.96. The molecule has 0 spiro atoms. The van der Waals surface area contributed by atoms with Crippen LogP contribution in [0.2, 0.25) is 0 Å². The summed E-state index contributed by atoms with van der Waals surface area (Å²) in [6.45, 7) is 4.61. The van der Waals surface area contributed by atoms with Gasteiger partial charge in [-0.3, -0.25) is 0 Å². The molecule has 0 atom stereocenters. The van der Waals surface area contributed by atoms with E-state index in [1.54, 1.807) is 22.9 Å². The van der Waals surface area contributed by atoms with E-state index in [2.05, 4.69) is 16.9 Å². The highest BCUT2D eigenvalue weighted by Crippen LogP contribution is 2.13. The van der Waals surface area contributed by atoms with Gasteiger partial charge >= 0.3 is 0 Å². The normalized spacial score (nSPS) is 10.6. The number of benzene rings is 1. The van der Waals surface area contributed by atoms with Crippen molar-refractivity contribution in [2.24, 2.45) is 5.73 Å². The van der Waals surface area contributed by atoms with Crippen LogP contribution in [0.3, 0.4) is 0 Å². The first-order chi connectivity index (χ1) is 8.74. The molecule has 2 N–H and O–H groups in total. The monoisotopic (exact) mass is 246 g/mol. The van der Waals surface area contributed by atoms with Crippen LogP contribution >= 0.6 is 0 Å². The summed E-state index contributed by atoms with van der Waals surface area (Å²) in [5, 5.41) is 8.06. The number of hydrogen-bond acceptors (Lipinski definition) is 3. The van der Waals surface area contributed by atoms with Gasteiger partial charge in [-0.1, -0.05) is 23.4 Å². The maximum absolute atomic E-state index is 12.8. The molecule has 4 nitrogen and oxygen atoms in total. The van der Waals surface area contributed by atoms with Crippen molar-refractivity contribution in [3.05, 3.63) is 59.7 Å². The predicted molar refractivity (Wildman–Crippen MR) is 67.3 cm³/mol. The quantitative estimate of drug-likeness (QED) is 0.816. The Kier molecular flexibility index (Phi) is 3.84. The summed E-state index contributed by atoms with van der Waals surface area (Å²) in [5.41, 5.74) is 8.35. The SMILES string of the molecule is C=CCn1nnc(CN)c1Cc1ccc(F)cc1. The minimum Gasteiger partial charge on any atom is -0.325 e. The largest absolute Gasteiger partial charge is 0.325 e. The lowest BCUT2D eigenvalue weighted by atomic mass is 10.1. The maximum Gasteiger partial charge on any atom is 0.123 e. The van der Waals surface area contributed by atoms with Gasteiger partial charge in [0, 0.05) is 13.0 Å². The standard InChI is InChI=1S/C13H15FN4/c1-2-7-18-13(12(9-15)16-17-18)8-10-3-5-11(14)6-4-10/h2-6H,1,7-9,15H2. The van der Waals surface area contributed by atoms with E-state index in [1.165, 1.54) is 12.1 Å². The van der Waals surface area contributed by atoms with Crippen LogP contribution in [0.5, 0.6) is 0 Å². The van der Waals surface area contributed by atoms with Gasteiger partial charge in [-0.05, 0) is 17.7 Å². The molecule has 0 aliphatic rings. The first kappa shape index (κ1) is 12.4. The van der Waals surface area contributed by atoms with Gasteiger partial charge in [0.25, 0.3) is 0 Å². The summed E-state index contributed by atoms with van der Waals surface area (Å²) in [6, 6.07) is 6.39. The molecule has 5 heteroatoms. The average molecular weight is 246 g/mol. The van der Waals surface area contributed by atoms with Crippen molar-refractivity contribution in [1.82, 2.24) is 15.0 Å². The number of nitrogens with two attached hydrogens (primary N) is 1. The molecule has 1 aromatic heterocycles. The molecule has 0 aliphatic carbocycles. The molecule has 94 valence electrons. The van der Waals surface area contributed by atoms with Crippen molar-refractivity contribution in [3.63, 3.8) is 0 Å². The van der Waals surface area contributed by atoms with E-state index < -0.39 is 0 Å². The number of rotatable bonds is 5. The fourth-order valence-corrected chi connectivity index (χ4v) is 1.79. The van der Waals surface area contributed by atoms with Gasteiger partial charge in [-0.25, -0.2) is 9.07 Å². The van der Waals surface area contributed by atoms with E-state index in [4.69, 9.17) is 5.73 Å². The van der Waals surface area contributed by atoms with Crippen LogP contribution in [0.1, 0.15) is 17.0 Å². The van der Waals surface area contributed by atoms with E-state index in [-0.39, 0.29) is 5.82 Å². The maximum atomic E-state index is 12.8. The minimum atomic E-state index is -0.240. The molecule has 0 amide bonds. The predicted octanol–water partition coefficient (Wildman–Crippen LogP) is 1.65. The van der Waals surface area contributed by atoms with E-state index >= 15 is 0 Å². The number of aromatic nitrogens is 3. The van der Waals surface area contributed by atoms with Crippen LogP contribution in [-0.2, 0) is 19.5 Å². The van der Waals surface area contributed by atoms with Gasteiger partial charge < -0.3 is 5.73 Å². The van der Waals surface area contributed by atoms with Crippen molar-refractivity contribution >= 4 is 0 Å². The first-order valence-electron chi connectivity index (χ1n) is 5.71. The Morgan fingerprint density at radius 1 is 1.33 bits per heavy atom. The average Bonchev–Trinajstić information content (AvgIpc) is 2.75. The molecule has 2 aromatic rings. The van der Waals surface area contributed by atoms with Crippen LogP contribution in [0.15, 0.2) is 36.9 Å².